The fourth-order valence-corrected chi connectivity index (χ4v) is 4.44. The van der Waals surface area contributed by atoms with Gasteiger partial charge in [0.25, 0.3) is 0 Å². The first-order valence-electron chi connectivity index (χ1n) is 9.94. The van der Waals surface area contributed by atoms with E-state index in [1.807, 2.05) is 39.8 Å². The van der Waals surface area contributed by atoms with Crippen LogP contribution in [0, 0.1) is 12.8 Å². The number of hydrogen-bond donors (Lipinski definition) is 2. The number of fused-ring (bicyclic) bond motifs is 1. The van der Waals surface area contributed by atoms with E-state index in [2.05, 4.69) is 10.0 Å². The summed E-state index contributed by atoms with van der Waals surface area (Å²) in [6.07, 6.45) is 0.380. The van der Waals surface area contributed by atoms with E-state index < -0.39 is 16.1 Å². The van der Waals surface area contributed by atoms with Gasteiger partial charge in [0.2, 0.25) is 22.7 Å². The van der Waals surface area contributed by atoms with Crippen LogP contribution in [0.1, 0.15) is 44.4 Å². The van der Waals surface area contributed by atoms with Crippen molar-refractivity contribution >= 4 is 15.9 Å². The molecule has 1 amide bonds. The molecule has 3 rings (SSSR count). The van der Waals surface area contributed by atoms with Crippen molar-refractivity contribution in [2.24, 2.45) is 5.92 Å². The summed E-state index contributed by atoms with van der Waals surface area (Å²) in [6, 6.07) is 10.8. The molecule has 0 saturated carbocycles. The lowest BCUT2D eigenvalue weighted by Crippen LogP contribution is -2.47. The number of aryl methyl sites for hydroxylation is 1. The largest absolute Gasteiger partial charge is 0.454 e. The van der Waals surface area contributed by atoms with Gasteiger partial charge in [-0.15, -0.1) is 0 Å². The van der Waals surface area contributed by atoms with E-state index in [4.69, 9.17) is 9.47 Å². The SMILES string of the molecule is Cc1ccc(S(=O)(=O)NC(CC(C)C)C(=O)NC(C)c2ccc3c(c2)OCO3)cc1. The summed E-state index contributed by atoms with van der Waals surface area (Å²) < 4.78 is 38.9. The Morgan fingerprint density at radius 3 is 2.37 bits per heavy atom. The number of sulfonamides is 1. The van der Waals surface area contributed by atoms with E-state index in [0.29, 0.717) is 17.9 Å². The first-order chi connectivity index (χ1) is 14.2. The number of amides is 1. The van der Waals surface area contributed by atoms with Crippen molar-refractivity contribution in [2.75, 3.05) is 6.79 Å². The minimum atomic E-state index is -3.82. The monoisotopic (exact) mass is 432 g/mol. The molecular weight excluding hydrogens is 404 g/mol. The number of benzene rings is 2. The highest BCUT2D eigenvalue weighted by atomic mass is 32.2. The first kappa shape index (κ1) is 22.1. The molecule has 0 aliphatic carbocycles. The molecule has 2 aromatic rings. The standard InChI is InChI=1S/C22H28N2O5S/c1-14(2)11-19(24-30(26,27)18-8-5-15(3)6-9-18)22(25)23-16(4)17-7-10-20-21(12-17)29-13-28-20/h5-10,12,14,16,19,24H,11,13H2,1-4H3,(H,23,25). The lowest BCUT2D eigenvalue weighted by atomic mass is 10.0. The van der Waals surface area contributed by atoms with Gasteiger partial charge in [0.1, 0.15) is 6.04 Å². The van der Waals surface area contributed by atoms with E-state index in [1.54, 1.807) is 18.2 Å². The third-order valence-electron chi connectivity index (χ3n) is 4.91. The molecule has 2 N–H and O–H groups in total. The molecule has 0 spiro atoms. The Balaban J connectivity index is 1.74. The van der Waals surface area contributed by atoms with Gasteiger partial charge in [0.05, 0.1) is 10.9 Å². The molecule has 2 aromatic carbocycles. The Labute approximate surface area is 177 Å². The fraction of sp³-hybridized carbons (Fsp3) is 0.409. The third-order valence-corrected chi connectivity index (χ3v) is 6.40. The molecule has 0 radical (unpaired) electrons. The van der Waals surface area contributed by atoms with Crippen molar-refractivity contribution in [3.05, 3.63) is 53.6 Å². The molecule has 7 nitrogen and oxygen atoms in total. The second kappa shape index (κ2) is 9.06. The molecule has 1 aliphatic heterocycles. The van der Waals surface area contributed by atoms with Crippen molar-refractivity contribution in [2.45, 2.75) is 51.1 Å². The van der Waals surface area contributed by atoms with Crippen LogP contribution in [0.2, 0.25) is 0 Å². The van der Waals surface area contributed by atoms with Gasteiger partial charge in [-0.3, -0.25) is 4.79 Å². The summed E-state index contributed by atoms with van der Waals surface area (Å²) in [7, 11) is -3.82. The number of hydrogen-bond acceptors (Lipinski definition) is 5. The summed E-state index contributed by atoms with van der Waals surface area (Å²) in [5.41, 5.74) is 1.81. The van der Waals surface area contributed by atoms with E-state index >= 15 is 0 Å². The Hall–Kier alpha value is -2.58. The van der Waals surface area contributed by atoms with Crippen LogP contribution in [-0.4, -0.2) is 27.2 Å². The van der Waals surface area contributed by atoms with Gasteiger partial charge in [-0.05, 0) is 56.0 Å². The van der Waals surface area contributed by atoms with Crippen LogP contribution in [0.4, 0.5) is 0 Å². The zero-order chi connectivity index (χ0) is 21.9. The van der Waals surface area contributed by atoms with Crippen LogP contribution in [0.25, 0.3) is 0 Å². The van der Waals surface area contributed by atoms with Crippen LogP contribution in [0.5, 0.6) is 11.5 Å². The van der Waals surface area contributed by atoms with Crippen molar-refractivity contribution < 1.29 is 22.7 Å². The van der Waals surface area contributed by atoms with Crippen LogP contribution in [0.15, 0.2) is 47.4 Å². The maximum Gasteiger partial charge on any atom is 0.241 e. The van der Waals surface area contributed by atoms with E-state index in [1.165, 1.54) is 12.1 Å². The second-order valence-electron chi connectivity index (χ2n) is 7.96. The normalized spacial score (nSPS) is 15.1. The summed E-state index contributed by atoms with van der Waals surface area (Å²) in [5, 5.41) is 2.91. The van der Waals surface area contributed by atoms with E-state index in [0.717, 1.165) is 11.1 Å². The smallest absolute Gasteiger partial charge is 0.241 e. The van der Waals surface area contributed by atoms with Crippen LogP contribution < -0.4 is 19.5 Å². The molecule has 0 fully saturated rings. The minimum Gasteiger partial charge on any atom is -0.454 e. The molecular formula is C22H28N2O5S. The van der Waals surface area contributed by atoms with Gasteiger partial charge in [0, 0.05) is 0 Å². The van der Waals surface area contributed by atoms with E-state index in [9.17, 15) is 13.2 Å². The van der Waals surface area contributed by atoms with Crippen molar-refractivity contribution in [1.29, 1.82) is 0 Å². The highest BCUT2D eigenvalue weighted by Gasteiger charge is 2.28. The first-order valence-corrected chi connectivity index (χ1v) is 11.4. The molecule has 1 heterocycles. The maximum atomic E-state index is 13.0. The summed E-state index contributed by atoms with van der Waals surface area (Å²) in [5.74, 6) is 1.06. The zero-order valence-electron chi connectivity index (χ0n) is 17.6. The predicted molar refractivity (Wildman–Crippen MR) is 114 cm³/mol. The zero-order valence-corrected chi connectivity index (χ0v) is 18.5. The van der Waals surface area contributed by atoms with Gasteiger partial charge in [0.15, 0.2) is 11.5 Å². The van der Waals surface area contributed by atoms with Crippen LogP contribution >= 0.6 is 0 Å². The Morgan fingerprint density at radius 2 is 1.70 bits per heavy atom. The Morgan fingerprint density at radius 1 is 1.03 bits per heavy atom. The summed E-state index contributed by atoms with van der Waals surface area (Å²) in [6.45, 7) is 7.80. The summed E-state index contributed by atoms with van der Waals surface area (Å²) in [4.78, 5) is 13.1. The molecule has 0 bridgehead atoms. The second-order valence-corrected chi connectivity index (χ2v) is 9.67. The number of nitrogens with one attached hydrogen (secondary N) is 2. The number of ether oxygens (including phenoxy) is 2. The average Bonchev–Trinajstić information content (AvgIpc) is 3.15. The number of carbonyl (C=O) groups excluding carboxylic acids is 1. The van der Waals surface area contributed by atoms with Gasteiger partial charge in [-0.25, -0.2) is 8.42 Å². The van der Waals surface area contributed by atoms with E-state index in [-0.39, 0.29) is 29.6 Å². The molecule has 0 aromatic heterocycles. The topological polar surface area (TPSA) is 93.7 Å². The lowest BCUT2D eigenvalue weighted by molar-refractivity contribution is -0.123. The van der Waals surface area contributed by atoms with Gasteiger partial charge in [-0.2, -0.15) is 4.72 Å². The highest BCUT2D eigenvalue weighted by molar-refractivity contribution is 7.89. The predicted octanol–water partition coefficient (Wildman–Crippen LogP) is 3.29. The molecule has 1 aliphatic rings. The quantitative estimate of drug-likeness (QED) is 0.668. The molecule has 2 unspecified atom stereocenters. The number of carbonyl (C=O) groups is 1. The summed E-state index contributed by atoms with van der Waals surface area (Å²) >= 11 is 0. The van der Waals surface area contributed by atoms with Crippen molar-refractivity contribution in [1.82, 2.24) is 10.0 Å². The van der Waals surface area contributed by atoms with Crippen molar-refractivity contribution in [3.63, 3.8) is 0 Å². The van der Waals surface area contributed by atoms with Crippen LogP contribution in [0.3, 0.4) is 0 Å². The maximum absolute atomic E-state index is 13.0. The van der Waals surface area contributed by atoms with Crippen molar-refractivity contribution in [3.8, 4) is 11.5 Å². The Kier molecular flexibility index (Phi) is 6.67. The lowest BCUT2D eigenvalue weighted by Gasteiger charge is -2.23. The van der Waals surface area contributed by atoms with Gasteiger partial charge in [-0.1, -0.05) is 37.6 Å². The molecule has 8 heteroatoms. The number of rotatable bonds is 8. The van der Waals surface area contributed by atoms with Gasteiger partial charge < -0.3 is 14.8 Å². The molecule has 2 atom stereocenters. The minimum absolute atomic E-state index is 0.127. The third kappa shape index (κ3) is 5.31. The highest BCUT2D eigenvalue weighted by Crippen LogP contribution is 2.34. The molecule has 0 saturated heterocycles. The average molecular weight is 433 g/mol. The molecule has 30 heavy (non-hydrogen) atoms. The van der Waals surface area contributed by atoms with Crippen LogP contribution in [-0.2, 0) is 14.8 Å². The Bertz CT molecular complexity index is 1000. The fourth-order valence-electron chi connectivity index (χ4n) is 3.23. The van der Waals surface area contributed by atoms with Gasteiger partial charge >= 0.3 is 0 Å². The molecule has 162 valence electrons.